The van der Waals surface area contributed by atoms with Gasteiger partial charge in [-0.15, -0.1) is 0 Å². The summed E-state index contributed by atoms with van der Waals surface area (Å²) in [5.74, 6) is -0.524. The lowest BCUT2D eigenvalue weighted by Gasteiger charge is -2.18. The summed E-state index contributed by atoms with van der Waals surface area (Å²) in [5, 5.41) is 0. The van der Waals surface area contributed by atoms with Gasteiger partial charge in [0.05, 0.1) is 17.7 Å². The van der Waals surface area contributed by atoms with Gasteiger partial charge in [0.1, 0.15) is 5.75 Å². The van der Waals surface area contributed by atoms with Crippen molar-refractivity contribution in [1.82, 2.24) is 0 Å². The summed E-state index contributed by atoms with van der Waals surface area (Å²) in [7, 11) is -2.52. The smallest absolute Gasteiger partial charge is 0.261 e. The molecule has 0 atom stereocenters. The van der Waals surface area contributed by atoms with Crippen LogP contribution in [0.5, 0.6) is 5.75 Å². The summed E-state index contributed by atoms with van der Waals surface area (Å²) in [6.07, 6.45) is 0.187. The molecule has 0 unspecified atom stereocenters. The number of imide groups is 1. The Morgan fingerprint density at radius 1 is 1.04 bits per heavy atom. The highest BCUT2D eigenvalue weighted by molar-refractivity contribution is 9.10. The lowest BCUT2D eigenvalue weighted by atomic mass is 10.2. The van der Waals surface area contributed by atoms with Crippen LogP contribution in [0.3, 0.4) is 0 Å². The Balaban J connectivity index is 2.00. The number of hydrogen-bond acceptors (Lipinski definition) is 5. The highest BCUT2D eigenvalue weighted by Gasteiger charge is 2.33. The van der Waals surface area contributed by atoms with Crippen molar-refractivity contribution in [3.05, 3.63) is 46.9 Å². The third-order valence-electron chi connectivity index (χ3n) is 3.85. The van der Waals surface area contributed by atoms with E-state index in [0.717, 1.165) is 9.37 Å². The van der Waals surface area contributed by atoms with E-state index >= 15 is 0 Å². The molecule has 0 aromatic heterocycles. The van der Waals surface area contributed by atoms with Gasteiger partial charge in [-0.25, -0.2) is 13.3 Å². The van der Waals surface area contributed by atoms with Gasteiger partial charge in [-0.05, 0) is 42.5 Å². The predicted octanol–water partition coefficient (Wildman–Crippen LogP) is 2.91. The van der Waals surface area contributed by atoms with Crippen LogP contribution in [0.2, 0.25) is 0 Å². The molecule has 1 heterocycles. The van der Waals surface area contributed by atoms with Crippen molar-refractivity contribution in [3.63, 3.8) is 0 Å². The summed E-state index contributed by atoms with van der Waals surface area (Å²) in [4.78, 5) is 24.9. The number of carbonyl (C=O) groups is 2. The van der Waals surface area contributed by atoms with Gasteiger partial charge in [0.15, 0.2) is 0 Å². The van der Waals surface area contributed by atoms with Gasteiger partial charge in [0.2, 0.25) is 11.8 Å². The Bertz CT molecular complexity index is 957. The zero-order chi connectivity index (χ0) is 18.9. The van der Waals surface area contributed by atoms with Crippen molar-refractivity contribution in [3.8, 4) is 5.75 Å². The highest BCUT2D eigenvalue weighted by atomic mass is 79.9. The number of amides is 2. The number of rotatable bonds is 5. The molecular formula is C17H15BrN2O5S. The van der Waals surface area contributed by atoms with E-state index in [1.165, 1.54) is 25.3 Å². The maximum Gasteiger partial charge on any atom is 0.261 e. The number of halogens is 1. The Kier molecular flexibility index (Phi) is 5.01. The summed E-state index contributed by atoms with van der Waals surface area (Å²) in [6.45, 7) is 0. The standard InChI is InChI=1S/C17H15BrN2O5S/c1-25-15-7-6-13(10-14(15)20-16(21)8-9-17(20)22)26(23,24)19-12-4-2-11(18)3-5-12/h2-7,10,19H,8-9H2,1H3. The number of methoxy groups -OCH3 is 1. The van der Waals surface area contributed by atoms with Crippen LogP contribution in [-0.2, 0) is 19.6 Å². The van der Waals surface area contributed by atoms with Gasteiger partial charge >= 0.3 is 0 Å². The molecule has 136 valence electrons. The third-order valence-corrected chi connectivity index (χ3v) is 5.76. The molecule has 2 amide bonds. The lowest BCUT2D eigenvalue weighted by molar-refractivity contribution is -0.121. The molecule has 9 heteroatoms. The van der Waals surface area contributed by atoms with Gasteiger partial charge < -0.3 is 4.74 Å². The first kappa shape index (κ1) is 18.4. The Labute approximate surface area is 159 Å². The van der Waals surface area contributed by atoms with Crippen LogP contribution in [-0.4, -0.2) is 27.3 Å². The van der Waals surface area contributed by atoms with Crippen LogP contribution >= 0.6 is 15.9 Å². The Morgan fingerprint density at radius 2 is 1.65 bits per heavy atom. The maximum absolute atomic E-state index is 12.7. The van der Waals surface area contributed by atoms with Crippen LogP contribution in [0.4, 0.5) is 11.4 Å². The predicted molar refractivity (Wildman–Crippen MR) is 99.7 cm³/mol. The average Bonchev–Trinajstić information content (AvgIpc) is 2.94. The summed E-state index contributed by atoms with van der Waals surface area (Å²) in [5.41, 5.74) is 0.512. The minimum absolute atomic E-state index is 0.0799. The van der Waals surface area contributed by atoms with Gasteiger partial charge in [-0.2, -0.15) is 0 Å². The molecule has 3 rings (SSSR count). The van der Waals surface area contributed by atoms with E-state index < -0.39 is 10.0 Å². The van der Waals surface area contributed by atoms with Gasteiger partial charge in [0.25, 0.3) is 10.0 Å². The van der Waals surface area contributed by atoms with Crippen molar-refractivity contribution in [1.29, 1.82) is 0 Å². The van der Waals surface area contributed by atoms with Crippen LogP contribution in [0, 0.1) is 0 Å². The van der Waals surface area contributed by atoms with Gasteiger partial charge in [-0.1, -0.05) is 15.9 Å². The van der Waals surface area contributed by atoms with E-state index in [1.54, 1.807) is 24.3 Å². The summed E-state index contributed by atoms with van der Waals surface area (Å²) < 4.78 is 33.8. The number of anilines is 2. The Hall–Kier alpha value is -2.39. The van der Waals surface area contributed by atoms with Gasteiger partial charge in [-0.3, -0.25) is 14.3 Å². The van der Waals surface area contributed by atoms with E-state index in [4.69, 9.17) is 4.74 Å². The number of benzene rings is 2. The SMILES string of the molecule is COc1ccc(S(=O)(=O)Nc2ccc(Br)cc2)cc1N1C(=O)CCC1=O. The van der Waals surface area contributed by atoms with E-state index in [-0.39, 0.29) is 41.0 Å². The highest BCUT2D eigenvalue weighted by Crippen LogP contribution is 2.34. The van der Waals surface area contributed by atoms with E-state index in [0.29, 0.717) is 5.69 Å². The molecule has 1 aliphatic heterocycles. The molecule has 7 nitrogen and oxygen atoms in total. The van der Waals surface area contributed by atoms with Crippen molar-refractivity contribution < 1.29 is 22.7 Å². The first-order valence-electron chi connectivity index (χ1n) is 7.64. The number of nitrogens with one attached hydrogen (secondary N) is 1. The molecule has 1 aliphatic rings. The lowest BCUT2D eigenvalue weighted by Crippen LogP contribution is -2.29. The Morgan fingerprint density at radius 3 is 2.23 bits per heavy atom. The number of hydrogen-bond donors (Lipinski definition) is 1. The molecule has 0 aliphatic carbocycles. The van der Waals surface area contributed by atoms with Crippen LogP contribution < -0.4 is 14.4 Å². The second-order valence-corrected chi connectivity index (χ2v) is 8.17. The molecule has 2 aromatic rings. The molecule has 1 saturated heterocycles. The van der Waals surface area contributed by atoms with Crippen molar-refractivity contribution >= 4 is 49.1 Å². The molecule has 1 fully saturated rings. The molecule has 0 radical (unpaired) electrons. The second kappa shape index (κ2) is 7.08. The third kappa shape index (κ3) is 3.58. The normalized spacial score (nSPS) is 14.6. The fourth-order valence-corrected chi connectivity index (χ4v) is 3.93. The quantitative estimate of drug-likeness (QED) is 0.724. The number of carbonyl (C=O) groups excluding carboxylic acids is 2. The van der Waals surface area contributed by atoms with Gasteiger partial charge in [0, 0.05) is 23.0 Å². The zero-order valence-electron chi connectivity index (χ0n) is 13.7. The molecule has 0 spiro atoms. The topological polar surface area (TPSA) is 92.8 Å². The number of sulfonamides is 1. The fourth-order valence-electron chi connectivity index (χ4n) is 2.59. The molecule has 0 saturated carbocycles. The maximum atomic E-state index is 12.7. The van der Waals surface area contributed by atoms with E-state index in [2.05, 4.69) is 20.7 Å². The molecule has 0 bridgehead atoms. The van der Waals surface area contributed by atoms with Crippen molar-refractivity contribution in [2.45, 2.75) is 17.7 Å². The fraction of sp³-hybridized carbons (Fsp3) is 0.176. The van der Waals surface area contributed by atoms with Crippen molar-refractivity contribution in [2.75, 3.05) is 16.7 Å². The average molecular weight is 439 g/mol. The minimum atomic E-state index is -3.91. The monoisotopic (exact) mass is 438 g/mol. The first-order chi connectivity index (χ1) is 12.3. The van der Waals surface area contributed by atoms with E-state index in [9.17, 15) is 18.0 Å². The molecule has 26 heavy (non-hydrogen) atoms. The van der Waals surface area contributed by atoms with E-state index in [1.807, 2.05) is 0 Å². The largest absolute Gasteiger partial charge is 0.495 e. The number of ether oxygens (including phenoxy) is 1. The first-order valence-corrected chi connectivity index (χ1v) is 9.91. The minimum Gasteiger partial charge on any atom is -0.495 e. The summed E-state index contributed by atoms with van der Waals surface area (Å²) in [6, 6.07) is 10.7. The second-order valence-electron chi connectivity index (χ2n) is 5.57. The molecule has 1 N–H and O–H groups in total. The van der Waals surface area contributed by atoms with Crippen molar-refractivity contribution in [2.24, 2.45) is 0 Å². The molecular weight excluding hydrogens is 424 g/mol. The van der Waals surface area contributed by atoms with Crippen LogP contribution in [0.25, 0.3) is 0 Å². The zero-order valence-corrected chi connectivity index (χ0v) is 16.1. The summed E-state index contributed by atoms with van der Waals surface area (Å²) >= 11 is 3.28. The van der Waals surface area contributed by atoms with Crippen LogP contribution in [0.15, 0.2) is 51.8 Å². The molecule has 2 aromatic carbocycles. The number of nitrogens with zero attached hydrogens (tertiary/aromatic N) is 1. The van der Waals surface area contributed by atoms with Crippen LogP contribution in [0.1, 0.15) is 12.8 Å².